The number of primary sulfonamides is 1. The Morgan fingerprint density at radius 1 is 0.912 bits per heavy atom. The van der Waals surface area contributed by atoms with Crippen LogP contribution in [-0.2, 0) is 19.6 Å². The monoisotopic (exact) mass is 479 g/mol. The molecule has 174 valence electrons. The quantitative estimate of drug-likeness (QED) is 0.218. The maximum Gasteiger partial charge on any atom is 0.336 e. The second-order valence-corrected chi connectivity index (χ2v) is 8.57. The molecular formula is C25H21NO7S. The van der Waals surface area contributed by atoms with Crippen molar-refractivity contribution in [1.29, 1.82) is 0 Å². The number of aliphatic carboxylic acids is 1. The summed E-state index contributed by atoms with van der Waals surface area (Å²) in [5.41, 5.74) is 1.49. The number of benzene rings is 3. The highest BCUT2D eigenvalue weighted by Crippen LogP contribution is 2.30. The van der Waals surface area contributed by atoms with Gasteiger partial charge in [-0.05, 0) is 53.1 Å². The highest BCUT2D eigenvalue weighted by Gasteiger charge is 2.15. The topological polar surface area (TPSA) is 133 Å². The molecule has 0 bridgehead atoms. The van der Waals surface area contributed by atoms with E-state index < -0.39 is 22.0 Å². The molecular weight excluding hydrogens is 458 g/mol. The lowest BCUT2D eigenvalue weighted by Crippen LogP contribution is -2.12. The molecule has 0 aliphatic rings. The molecule has 0 atom stereocenters. The van der Waals surface area contributed by atoms with Crippen molar-refractivity contribution in [3.05, 3.63) is 95.6 Å². The number of nitrogens with two attached hydrogens (primary N) is 1. The molecule has 0 unspecified atom stereocenters. The molecule has 3 aromatic carbocycles. The molecule has 3 N–H and O–H groups in total. The van der Waals surface area contributed by atoms with Gasteiger partial charge in [-0.1, -0.05) is 48.5 Å². The summed E-state index contributed by atoms with van der Waals surface area (Å²) in [6.45, 7) is 0. The number of hydrogen-bond donors (Lipinski definition) is 2. The summed E-state index contributed by atoms with van der Waals surface area (Å²) in [5, 5.41) is 14.7. The first-order valence-corrected chi connectivity index (χ1v) is 11.4. The van der Waals surface area contributed by atoms with Crippen LogP contribution in [0.4, 0.5) is 0 Å². The van der Waals surface area contributed by atoms with Crippen LogP contribution in [0.15, 0.2) is 83.8 Å². The van der Waals surface area contributed by atoms with Crippen molar-refractivity contribution in [2.24, 2.45) is 5.14 Å². The van der Waals surface area contributed by atoms with E-state index in [0.717, 1.165) is 5.56 Å². The zero-order valence-corrected chi connectivity index (χ0v) is 18.9. The summed E-state index contributed by atoms with van der Waals surface area (Å²) < 4.78 is 33.5. The van der Waals surface area contributed by atoms with Crippen LogP contribution >= 0.6 is 0 Å². The molecule has 0 saturated carbocycles. The number of esters is 1. The molecule has 0 amide bonds. The van der Waals surface area contributed by atoms with Crippen LogP contribution in [0.2, 0.25) is 0 Å². The van der Waals surface area contributed by atoms with Crippen molar-refractivity contribution in [2.75, 3.05) is 7.11 Å². The van der Waals surface area contributed by atoms with Crippen molar-refractivity contribution in [3.63, 3.8) is 0 Å². The molecule has 0 aromatic heterocycles. The van der Waals surface area contributed by atoms with Crippen molar-refractivity contribution in [2.45, 2.75) is 4.90 Å². The van der Waals surface area contributed by atoms with E-state index >= 15 is 0 Å². The van der Waals surface area contributed by atoms with E-state index in [1.54, 1.807) is 12.1 Å². The average molecular weight is 480 g/mol. The van der Waals surface area contributed by atoms with Gasteiger partial charge in [0, 0.05) is 6.08 Å². The van der Waals surface area contributed by atoms with Gasteiger partial charge in [0.25, 0.3) is 0 Å². The van der Waals surface area contributed by atoms with Crippen LogP contribution in [0.25, 0.3) is 17.7 Å². The zero-order chi connectivity index (χ0) is 24.7. The standard InChI is InChI=1S/C25H21NO7S/c1-32-23-16-18(7-13-22(23)33-24(27)14-8-17-5-3-2-4-6-17)15-21(25(28)29)19-9-11-20(12-10-19)34(26,30)31/h2-16H,1H3,(H,28,29)(H2,26,30,31)/b14-8+,21-15+. The SMILES string of the molecule is COc1cc(/C=C(/C(=O)O)c2ccc(S(N)(=O)=O)cc2)ccc1OC(=O)/C=C/c1ccccc1. The summed E-state index contributed by atoms with van der Waals surface area (Å²) in [6, 6.07) is 19.0. The molecule has 3 aromatic rings. The highest BCUT2D eigenvalue weighted by molar-refractivity contribution is 7.89. The number of carbonyl (C=O) groups excluding carboxylic acids is 1. The lowest BCUT2D eigenvalue weighted by molar-refractivity contribution is -0.130. The lowest BCUT2D eigenvalue weighted by atomic mass is 10.0. The molecule has 0 spiro atoms. The van der Waals surface area contributed by atoms with E-state index in [4.69, 9.17) is 14.6 Å². The van der Waals surface area contributed by atoms with E-state index in [9.17, 15) is 23.1 Å². The normalized spacial score (nSPS) is 11.9. The van der Waals surface area contributed by atoms with E-state index in [1.807, 2.05) is 30.3 Å². The second-order valence-electron chi connectivity index (χ2n) is 7.01. The van der Waals surface area contributed by atoms with Gasteiger partial charge in [0.15, 0.2) is 11.5 Å². The Labute approximate surface area is 196 Å². The Balaban J connectivity index is 1.84. The van der Waals surface area contributed by atoms with Crippen LogP contribution in [0, 0.1) is 0 Å². The van der Waals surface area contributed by atoms with Crippen molar-refractivity contribution in [1.82, 2.24) is 0 Å². The van der Waals surface area contributed by atoms with E-state index in [-0.39, 0.29) is 27.5 Å². The van der Waals surface area contributed by atoms with Crippen LogP contribution in [0.3, 0.4) is 0 Å². The first-order chi connectivity index (χ1) is 16.2. The predicted molar refractivity (Wildman–Crippen MR) is 127 cm³/mol. The van der Waals surface area contributed by atoms with E-state index in [1.165, 1.54) is 55.7 Å². The summed E-state index contributed by atoms with van der Waals surface area (Å²) in [5.74, 6) is -1.43. The van der Waals surface area contributed by atoms with E-state index in [2.05, 4.69) is 0 Å². The Morgan fingerprint density at radius 3 is 2.18 bits per heavy atom. The first kappa shape index (κ1) is 24.4. The first-order valence-electron chi connectivity index (χ1n) is 9.88. The maximum atomic E-state index is 12.2. The van der Waals surface area contributed by atoms with Crippen LogP contribution < -0.4 is 14.6 Å². The summed E-state index contributed by atoms with van der Waals surface area (Å²) >= 11 is 0. The third-order valence-corrected chi connectivity index (χ3v) is 5.57. The van der Waals surface area contributed by atoms with Crippen LogP contribution in [0.1, 0.15) is 16.7 Å². The van der Waals surface area contributed by atoms with Gasteiger partial charge in [0.2, 0.25) is 10.0 Å². The van der Waals surface area contributed by atoms with Crippen LogP contribution in [-0.4, -0.2) is 32.6 Å². The molecule has 0 heterocycles. The number of sulfonamides is 1. The maximum absolute atomic E-state index is 12.2. The van der Waals surface area contributed by atoms with Crippen molar-refractivity contribution in [3.8, 4) is 11.5 Å². The van der Waals surface area contributed by atoms with Crippen molar-refractivity contribution < 1.29 is 32.6 Å². The number of carbonyl (C=O) groups is 2. The fourth-order valence-corrected chi connectivity index (χ4v) is 3.50. The Bertz CT molecular complexity index is 1360. The molecule has 8 nitrogen and oxygen atoms in total. The summed E-state index contributed by atoms with van der Waals surface area (Å²) in [4.78, 5) is 23.9. The van der Waals surface area contributed by atoms with Gasteiger partial charge in [-0.2, -0.15) is 0 Å². The zero-order valence-electron chi connectivity index (χ0n) is 18.0. The largest absolute Gasteiger partial charge is 0.493 e. The predicted octanol–water partition coefficient (Wildman–Crippen LogP) is 3.59. The molecule has 0 fully saturated rings. The van der Waals surface area contributed by atoms with Gasteiger partial charge >= 0.3 is 11.9 Å². The van der Waals surface area contributed by atoms with Crippen LogP contribution in [0.5, 0.6) is 11.5 Å². The molecule has 34 heavy (non-hydrogen) atoms. The number of rotatable bonds is 8. The Morgan fingerprint density at radius 2 is 1.59 bits per heavy atom. The molecule has 0 radical (unpaired) electrons. The third kappa shape index (κ3) is 6.41. The molecule has 9 heteroatoms. The lowest BCUT2D eigenvalue weighted by Gasteiger charge is -2.10. The fourth-order valence-electron chi connectivity index (χ4n) is 2.99. The number of hydrogen-bond acceptors (Lipinski definition) is 6. The average Bonchev–Trinajstić information content (AvgIpc) is 2.82. The Kier molecular flexibility index (Phi) is 7.62. The molecule has 0 aliphatic heterocycles. The number of carboxylic acids is 1. The van der Waals surface area contributed by atoms with Crippen molar-refractivity contribution >= 4 is 39.7 Å². The smallest absolute Gasteiger partial charge is 0.336 e. The number of methoxy groups -OCH3 is 1. The van der Waals surface area contributed by atoms with Gasteiger partial charge in [0.1, 0.15) is 0 Å². The molecule has 0 aliphatic carbocycles. The molecule has 3 rings (SSSR count). The minimum atomic E-state index is -3.90. The fraction of sp³-hybridized carbons (Fsp3) is 0.0400. The minimum Gasteiger partial charge on any atom is -0.493 e. The number of ether oxygens (including phenoxy) is 2. The van der Waals surface area contributed by atoms with Gasteiger partial charge in [0.05, 0.1) is 17.6 Å². The van der Waals surface area contributed by atoms with Gasteiger partial charge in [-0.3, -0.25) is 0 Å². The van der Waals surface area contributed by atoms with Gasteiger partial charge in [-0.25, -0.2) is 23.1 Å². The minimum absolute atomic E-state index is 0.0847. The summed E-state index contributed by atoms with van der Waals surface area (Å²) in [6.07, 6.45) is 4.29. The van der Waals surface area contributed by atoms with E-state index in [0.29, 0.717) is 5.56 Å². The Hall–Kier alpha value is -4.21. The van der Waals surface area contributed by atoms with Gasteiger partial charge in [-0.15, -0.1) is 0 Å². The van der Waals surface area contributed by atoms with Gasteiger partial charge < -0.3 is 14.6 Å². The third-order valence-electron chi connectivity index (χ3n) is 4.64. The summed E-state index contributed by atoms with van der Waals surface area (Å²) in [7, 11) is -2.51. The second kappa shape index (κ2) is 10.6. The highest BCUT2D eigenvalue weighted by atomic mass is 32.2. The molecule has 0 saturated heterocycles. The number of carboxylic acid groups (broad SMARTS) is 1.